The Kier molecular flexibility index (Phi) is 5.84. The highest BCUT2D eigenvalue weighted by atomic mass is 79.9. The van der Waals surface area contributed by atoms with Crippen molar-refractivity contribution >= 4 is 50.2 Å². The number of hydrogen-bond donors (Lipinski definition) is 1. The number of amides is 1. The van der Waals surface area contributed by atoms with Gasteiger partial charge in [-0.05, 0) is 61.0 Å². The van der Waals surface area contributed by atoms with E-state index in [-0.39, 0.29) is 5.91 Å². The maximum atomic E-state index is 12.9. The van der Waals surface area contributed by atoms with E-state index < -0.39 is 0 Å². The lowest BCUT2D eigenvalue weighted by Crippen LogP contribution is -2.13. The van der Waals surface area contributed by atoms with Gasteiger partial charge >= 0.3 is 0 Å². The summed E-state index contributed by atoms with van der Waals surface area (Å²) in [6.45, 7) is 1.89. The molecule has 0 aliphatic rings. The van der Waals surface area contributed by atoms with Gasteiger partial charge in [-0.3, -0.25) is 4.79 Å². The Morgan fingerprint density at radius 1 is 1.03 bits per heavy atom. The van der Waals surface area contributed by atoms with Crippen LogP contribution >= 0.6 is 27.5 Å². The Morgan fingerprint density at radius 3 is 2.52 bits per heavy atom. The molecule has 0 aliphatic carbocycles. The number of methoxy groups -OCH3 is 2. The number of benzene rings is 3. The van der Waals surface area contributed by atoms with Gasteiger partial charge in [0.2, 0.25) is 0 Å². The summed E-state index contributed by atoms with van der Waals surface area (Å²) in [6, 6.07) is 14.2. The number of fused-ring (bicyclic) bond motifs is 1. The summed E-state index contributed by atoms with van der Waals surface area (Å²) in [5.41, 5.74) is 3.89. The smallest absolute Gasteiger partial charge is 0.259 e. The zero-order valence-corrected chi connectivity index (χ0v) is 19.3. The average molecular weight is 502 g/mol. The summed E-state index contributed by atoms with van der Waals surface area (Å²) in [7, 11) is 3.10. The predicted octanol–water partition coefficient (Wildman–Crippen LogP) is 5.41. The van der Waals surface area contributed by atoms with E-state index in [9.17, 15) is 4.79 Å². The molecular formula is C22H18BrClN4O3. The fraction of sp³-hybridized carbons (Fsp3) is 0.136. The molecule has 4 rings (SSSR count). The molecule has 0 radical (unpaired) electrons. The lowest BCUT2D eigenvalue weighted by molar-refractivity contribution is 0.102. The lowest BCUT2D eigenvalue weighted by atomic mass is 10.1. The third kappa shape index (κ3) is 4.22. The molecule has 1 aromatic heterocycles. The Balaban J connectivity index is 1.63. The fourth-order valence-electron chi connectivity index (χ4n) is 3.26. The van der Waals surface area contributed by atoms with Gasteiger partial charge < -0.3 is 14.8 Å². The summed E-state index contributed by atoms with van der Waals surface area (Å²) < 4.78 is 11.4. The van der Waals surface area contributed by atoms with Gasteiger partial charge in [0.05, 0.1) is 30.5 Å². The van der Waals surface area contributed by atoms with Crippen LogP contribution in [0, 0.1) is 6.92 Å². The van der Waals surface area contributed by atoms with Gasteiger partial charge in [0.15, 0.2) is 0 Å². The molecule has 0 fully saturated rings. The molecule has 0 unspecified atom stereocenters. The zero-order valence-electron chi connectivity index (χ0n) is 16.9. The Hall–Kier alpha value is -3.10. The molecule has 3 aromatic carbocycles. The second-order valence-electron chi connectivity index (χ2n) is 6.77. The molecule has 0 atom stereocenters. The van der Waals surface area contributed by atoms with Gasteiger partial charge in [-0.15, -0.1) is 10.2 Å². The van der Waals surface area contributed by atoms with Crippen molar-refractivity contribution in [3.63, 3.8) is 0 Å². The number of nitrogens with one attached hydrogen (secondary N) is 1. The number of rotatable bonds is 5. The minimum absolute atomic E-state index is 0.282. The van der Waals surface area contributed by atoms with Gasteiger partial charge in [-0.25, -0.2) is 0 Å². The molecule has 0 saturated carbocycles. The molecule has 9 heteroatoms. The van der Waals surface area contributed by atoms with Crippen LogP contribution in [-0.4, -0.2) is 35.1 Å². The quantitative estimate of drug-likeness (QED) is 0.395. The Morgan fingerprint density at radius 2 is 1.81 bits per heavy atom. The monoisotopic (exact) mass is 500 g/mol. The van der Waals surface area contributed by atoms with E-state index >= 15 is 0 Å². The number of aromatic nitrogens is 3. The lowest BCUT2D eigenvalue weighted by Gasteiger charge is -2.12. The van der Waals surface area contributed by atoms with Crippen LogP contribution < -0.4 is 14.8 Å². The van der Waals surface area contributed by atoms with Crippen molar-refractivity contribution in [2.75, 3.05) is 19.5 Å². The minimum atomic E-state index is -0.282. The van der Waals surface area contributed by atoms with E-state index in [0.29, 0.717) is 44.5 Å². The zero-order chi connectivity index (χ0) is 22.1. The van der Waals surface area contributed by atoms with Crippen LogP contribution in [0.1, 0.15) is 15.9 Å². The standard InChI is InChI=1S/C22H18BrClN4O3/c1-12-8-13(23)9-16(21(12)31-3)22(29)25-14-4-6-18-19(10-14)27-28(26-18)15-5-7-20(30-2)17(24)11-15/h4-11H,1-3H3,(H,25,29). The minimum Gasteiger partial charge on any atom is -0.496 e. The van der Waals surface area contributed by atoms with Crippen molar-refractivity contribution in [3.8, 4) is 17.2 Å². The van der Waals surface area contributed by atoms with Crippen molar-refractivity contribution in [1.29, 1.82) is 0 Å². The predicted molar refractivity (Wildman–Crippen MR) is 124 cm³/mol. The Labute approximate surface area is 192 Å². The molecule has 158 valence electrons. The molecule has 0 aliphatic heterocycles. The molecule has 31 heavy (non-hydrogen) atoms. The molecule has 1 amide bonds. The summed E-state index contributed by atoms with van der Waals surface area (Å²) in [4.78, 5) is 14.4. The van der Waals surface area contributed by atoms with E-state index in [2.05, 4.69) is 31.4 Å². The van der Waals surface area contributed by atoms with Gasteiger partial charge in [-0.2, -0.15) is 4.80 Å². The van der Waals surface area contributed by atoms with Gasteiger partial charge in [0.1, 0.15) is 22.5 Å². The first-order valence-electron chi connectivity index (χ1n) is 9.26. The van der Waals surface area contributed by atoms with E-state index in [1.807, 2.05) is 19.1 Å². The number of nitrogens with zero attached hydrogens (tertiary/aromatic N) is 3. The molecule has 0 bridgehead atoms. The highest BCUT2D eigenvalue weighted by Crippen LogP contribution is 2.29. The maximum Gasteiger partial charge on any atom is 0.259 e. The largest absolute Gasteiger partial charge is 0.496 e. The topological polar surface area (TPSA) is 78.3 Å². The van der Waals surface area contributed by atoms with Crippen molar-refractivity contribution < 1.29 is 14.3 Å². The van der Waals surface area contributed by atoms with Crippen molar-refractivity contribution in [2.45, 2.75) is 6.92 Å². The summed E-state index contributed by atoms with van der Waals surface area (Å²) >= 11 is 9.64. The molecular weight excluding hydrogens is 484 g/mol. The van der Waals surface area contributed by atoms with Crippen LogP contribution in [-0.2, 0) is 0 Å². The number of hydrogen-bond acceptors (Lipinski definition) is 5. The van der Waals surface area contributed by atoms with Gasteiger partial charge in [0, 0.05) is 10.2 Å². The normalized spacial score (nSPS) is 10.9. The average Bonchev–Trinajstić information content (AvgIpc) is 3.16. The maximum absolute atomic E-state index is 12.9. The second kappa shape index (κ2) is 8.56. The number of carbonyl (C=O) groups is 1. The first-order valence-corrected chi connectivity index (χ1v) is 10.4. The van der Waals surface area contributed by atoms with Crippen molar-refractivity contribution in [2.24, 2.45) is 0 Å². The summed E-state index contributed by atoms with van der Waals surface area (Å²) in [5.74, 6) is 0.823. The van der Waals surface area contributed by atoms with Crippen LogP contribution in [0.25, 0.3) is 16.7 Å². The first-order chi connectivity index (χ1) is 14.9. The van der Waals surface area contributed by atoms with Crippen LogP contribution in [0.3, 0.4) is 0 Å². The van der Waals surface area contributed by atoms with E-state index in [0.717, 1.165) is 10.0 Å². The van der Waals surface area contributed by atoms with Gasteiger partial charge in [0.25, 0.3) is 5.91 Å². The highest BCUT2D eigenvalue weighted by Gasteiger charge is 2.16. The second-order valence-corrected chi connectivity index (χ2v) is 8.09. The van der Waals surface area contributed by atoms with Crippen molar-refractivity contribution in [1.82, 2.24) is 15.0 Å². The summed E-state index contributed by atoms with van der Waals surface area (Å²) in [6.07, 6.45) is 0. The fourth-order valence-corrected chi connectivity index (χ4v) is 4.08. The van der Waals surface area contributed by atoms with Crippen LogP contribution in [0.5, 0.6) is 11.5 Å². The first kappa shape index (κ1) is 21.1. The molecule has 1 N–H and O–H groups in total. The molecule has 0 saturated heterocycles. The molecule has 0 spiro atoms. The number of halogens is 2. The van der Waals surface area contributed by atoms with Crippen molar-refractivity contribution in [3.05, 3.63) is 69.2 Å². The third-order valence-electron chi connectivity index (χ3n) is 4.69. The van der Waals surface area contributed by atoms with E-state index in [1.54, 1.807) is 50.6 Å². The van der Waals surface area contributed by atoms with E-state index in [4.69, 9.17) is 21.1 Å². The number of aryl methyl sites for hydroxylation is 1. The van der Waals surface area contributed by atoms with Crippen LogP contribution in [0.2, 0.25) is 5.02 Å². The van der Waals surface area contributed by atoms with E-state index in [1.165, 1.54) is 4.80 Å². The highest BCUT2D eigenvalue weighted by molar-refractivity contribution is 9.10. The number of anilines is 1. The summed E-state index contributed by atoms with van der Waals surface area (Å²) in [5, 5.41) is 12.3. The third-order valence-corrected chi connectivity index (χ3v) is 5.45. The van der Waals surface area contributed by atoms with Crippen LogP contribution in [0.15, 0.2) is 53.0 Å². The van der Waals surface area contributed by atoms with Crippen LogP contribution in [0.4, 0.5) is 5.69 Å². The molecule has 7 nitrogen and oxygen atoms in total. The molecule has 4 aromatic rings. The number of carbonyl (C=O) groups excluding carboxylic acids is 1. The SMILES string of the molecule is COc1ccc(-n2nc3ccc(NC(=O)c4cc(Br)cc(C)c4OC)cc3n2)cc1Cl. The molecule has 1 heterocycles. The van der Waals surface area contributed by atoms with Gasteiger partial charge in [-0.1, -0.05) is 27.5 Å². The number of ether oxygens (including phenoxy) is 2. The Bertz CT molecular complexity index is 1310.